The van der Waals surface area contributed by atoms with E-state index in [0.29, 0.717) is 87.5 Å². The van der Waals surface area contributed by atoms with E-state index in [0.717, 1.165) is 50.1 Å². The van der Waals surface area contributed by atoms with Crippen molar-refractivity contribution >= 4 is 52.5 Å². The van der Waals surface area contributed by atoms with Crippen molar-refractivity contribution in [2.75, 3.05) is 35.8 Å². The SMILES string of the molecule is C=CCOc1ccc(CC2NC(=O)c3cccc(c3)-c3cc4cc(c3)-c3cccc(c3)C(=O)NC(Cc3ccc(OCC=C)cc3)C(=O)Nc3cccc(c3)-c3cc(cc(c3)-c3cccc(c3)NC(=O)C(Cc3ccc(OCC=C)cc3)NC(=O)c3cccc-4c3)-c3cccc(c3)NC2=O)cc1. The Morgan fingerprint density at radius 1 is 0.265 bits per heavy atom. The van der Waals surface area contributed by atoms with Crippen LogP contribution in [-0.4, -0.2) is 73.4 Å². The molecule has 3 aliphatic heterocycles. The topological polar surface area (TPSA) is 202 Å². The molecule has 0 saturated carbocycles. The molecule has 18 bridgehead atoms. The molecule has 3 aliphatic rings. The Bertz CT molecular complexity index is 4510. The zero-order valence-electron chi connectivity index (χ0n) is 55.8. The van der Waals surface area contributed by atoms with E-state index in [9.17, 15) is 14.4 Å². The van der Waals surface area contributed by atoms with Gasteiger partial charge in [0.05, 0.1) is 0 Å². The largest absolute Gasteiger partial charge is 0.490 e. The summed E-state index contributed by atoms with van der Waals surface area (Å²) in [6.45, 7) is 12.2. The standard InChI is InChI=1S/C87H72N6O9/c1-4-37-100-76-31-25-55(26-32-76)40-79-85(97)88-73-22-10-16-61(52-73)70-49-71-51-72(50-70)63-18-12-24-75(54-63)90-87(99)81(42-57-29-35-78(36-30-57)102-39-6-3)93-84(96)66-21-9-15-60(45-66)69-47-67(58-13-7-19-64(43-58)82(94)91-79)46-68(48-69)59-14-8-20-65(44-59)83(95)92-80(86(98)89-74-23-11-17-62(71)53-74)41-56-27-33-77(34-28-56)101-38-5-2/h4-36,43-54,79-81H,1-3,37-42H2,(H,88,97)(H,89,98)(H,90,99)(H,91,94)(H,92,95)(H,93,96). The molecule has 15 heteroatoms. The van der Waals surface area contributed by atoms with Gasteiger partial charge in [0.15, 0.2) is 0 Å². The van der Waals surface area contributed by atoms with Crippen molar-refractivity contribution in [1.82, 2.24) is 16.0 Å². The van der Waals surface area contributed by atoms with E-state index >= 15 is 14.4 Å². The summed E-state index contributed by atoms with van der Waals surface area (Å²) in [5.41, 5.74) is 12.7. The number of carbonyl (C=O) groups is 6. The van der Waals surface area contributed by atoms with Crippen LogP contribution in [0, 0.1) is 0 Å². The first-order valence-electron chi connectivity index (χ1n) is 33.5. The van der Waals surface area contributed by atoms with Gasteiger partial charge in [-0.1, -0.05) is 147 Å². The molecule has 0 aliphatic carbocycles. The van der Waals surface area contributed by atoms with Crippen LogP contribution in [0.4, 0.5) is 17.1 Å². The Kier molecular flexibility index (Phi) is 20.6. The molecule has 6 N–H and O–H groups in total. The summed E-state index contributed by atoms with van der Waals surface area (Å²) in [6.07, 6.45) is 5.32. The lowest BCUT2D eigenvalue weighted by Crippen LogP contribution is -2.45. The van der Waals surface area contributed by atoms with Crippen LogP contribution >= 0.6 is 0 Å². The second-order valence-corrected chi connectivity index (χ2v) is 25.0. The molecule has 14 rings (SSSR count). The summed E-state index contributed by atoms with van der Waals surface area (Å²) in [5, 5.41) is 18.7. The van der Waals surface area contributed by atoms with Gasteiger partial charge in [-0.3, -0.25) is 28.8 Å². The van der Waals surface area contributed by atoms with Crippen molar-refractivity contribution in [1.29, 1.82) is 0 Å². The van der Waals surface area contributed by atoms with Crippen molar-refractivity contribution in [3.05, 3.63) is 326 Å². The van der Waals surface area contributed by atoms with Crippen molar-refractivity contribution in [3.8, 4) is 84.0 Å². The van der Waals surface area contributed by atoms with Crippen molar-refractivity contribution in [2.45, 2.75) is 37.4 Å². The van der Waals surface area contributed by atoms with Crippen LogP contribution in [0.5, 0.6) is 17.2 Å². The molecule has 3 heterocycles. The number of ether oxygens (including phenoxy) is 3. The van der Waals surface area contributed by atoms with Gasteiger partial charge in [0, 0.05) is 53.0 Å². The minimum absolute atomic E-state index is 0.116. The molecule has 0 fully saturated rings. The van der Waals surface area contributed by atoms with Crippen LogP contribution in [0.15, 0.2) is 293 Å². The van der Waals surface area contributed by atoms with Gasteiger partial charge in [0.1, 0.15) is 55.2 Å². The first-order valence-corrected chi connectivity index (χ1v) is 33.5. The van der Waals surface area contributed by atoms with Gasteiger partial charge in [0.2, 0.25) is 17.7 Å². The van der Waals surface area contributed by atoms with Crippen LogP contribution in [0.1, 0.15) is 47.8 Å². The molecular formula is C87H72N6O9. The molecule has 0 aromatic heterocycles. The number of hydrogen-bond donors (Lipinski definition) is 6. The fourth-order valence-electron chi connectivity index (χ4n) is 12.5. The fraction of sp³-hybridized carbons (Fsp3) is 0.103. The molecule has 504 valence electrons. The molecule has 0 radical (unpaired) electrons. The summed E-state index contributed by atoms with van der Waals surface area (Å²) >= 11 is 0. The summed E-state index contributed by atoms with van der Waals surface area (Å²) < 4.78 is 17.3. The third-order valence-corrected chi connectivity index (χ3v) is 17.7. The average molecular weight is 1350 g/mol. The third-order valence-electron chi connectivity index (χ3n) is 17.7. The average Bonchev–Trinajstić information content (AvgIpc) is 0.802. The molecule has 0 saturated heterocycles. The molecular weight excluding hydrogens is 1270 g/mol. The smallest absolute Gasteiger partial charge is 0.251 e. The number of carbonyl (C=O) groups excluding carboxylic acids is 6. The number of benzene rings is 11. The molecule has 0 spiro atoms. The Balaban J connectivity index is 0.995. The highest BCUT2D eigenvalue weighted by Crippen LogP contribution is 2.38. The predicted octanol–water partition coefficient (Wildman–Crippen LogP) is 15.9. The predicted molar refractivity (Wildman–Crippen MR) is 403 cm³/mol. The van der Waals surface area contributed by atoms with E-state index in [1.165, 1.54) is 0 Å². The molecule has 3 unspecified atom stereocenters. The molecule has 11 aromatic rings. The van der Waals surface area contributed by atoms with E-state index in [1.807, 2.05) is 182 Å². The van der Waals surface area contributed by atoms with Crippen LogP contribution in [0.3, 0.4) is 0 Å². The van der Waals surface area contributed by atoms with Crippen LogP contribution < -0.4 is 46.1 Å². The first-order chi connectivity index (χ1) is 49.8. The Labute approximate surface area is 591 Å². The van der Waals surface area contributed by atoms with E-state index < -0.39 is 53.6 Å². The van der Waals surface area contributed by atoms with E-state index in [2.05, 4.69) is 51.6 Å². The maximum atomic E-state index is 15.0. The summed E-state index contributed by atoms with van der Waals surface area (Å²) in [4.78, 5) is 90.0. The van der Waals surface area contributed by atoms with Crippen LogP contribution in [0.2, 0.25) is 0 Å². The number of anilines is 3. The number of fused-ring (bicyclic) bond motifs is 12. The molecule has 3 atom stereocenters. The van der Waals surface area contributed by atoms with Crippen LogP contribution in [0.25, 0.3) is 66.8 Å². The van der Waals surface area contributed by atoms with Gasteiger partial charge in [-0.15, -0.1) is 0 Å². The lowest BCUT2D eigenvalue weighted by molar-refractivity contribution is -0.118. The third kappa shape index (κ3) is 16.5. The normalized spacial score (nSPS) is 15.1. The monoisotopic (exact) mass is 1340 g/mol. The van der Waals surface area contributed by atoms with Crippen molar-refractivity contribution in [2.24, 2.45) is 0 Å². The quantitative estimate of drug-likeness (QED) is 0.0540. The minimum Gasteiger partial charge on any atom is -0.490 e. The van der Waals surface area contributed by atoms with Gasteiger partial charge in [-0.2, -0.15) is 0 Å². The summed E-state index contributed by atoms with van der Waals surface area (Å²) in [6, 6.07) is 74.3. The van der Waals surface area contributed by atoms with E-state index in [4.69, 9.17) is 14.2 Å². The highest BCUT2D eigenvalue weighted by molar-refractivity contribution is 6.05. The summed E-state index contributed by atoms with van der Waals surface area (Å²) in [7, 11) is 0. The van der Waals surface area contributed by atoms with Crippen molar-refractivity contribution < 1.29 is 43.0 Å². The Morgan fingerprint density at radius 2 is 0.480 bits per heavy atom. The lowest BCUT2D eigenvalue weighted by atomic mass is 9.91. The molecule has 15 nitrogen and oxygen atoms in total. The maximum Gasteiger partial charge on any atom is 0.251 e. The highest BCUT2D eigenvalue weighted by atomic mass is 16.5. The Morgan fingerprint density at radius 3 is 0.725 bits per heavy atom. The number of hydrogen-bond acceptors (Lipinski definition) is 9. The highest BCUT2D eigenvalue weighted by Gasteiger charge is 2.28. The van der Waals surface area contributed by atoms with Gasteiger partial charge in [-0.05, 0) is 229 Å². The Hall–Kier alpha value is -13.1. The van der Waals surface area contributed by atoms with Gasteiger partial charge in [0.25, 0.3) is 17.7 Å². The molecule has 6 amide bonds. The lowest BCUT2D eigenvalue weighted by Gasteiger charge is -2.21. The molecule has 102 heavy (non-hydrogen) atoms. The van der Waals surface area contributed by atoms with E-state index in [-0.39, 0.29) is 36.0 Å². The zero-order chi connectivity index (χ0) is 70.5. The van der Waals surface area contributed by atoms with Gasteiger partial charge >= 0.3 is 0 Å². The van der Waals surface area contributed by atoms with Crippen LogP contribution in [-0.2, 0) is 33.6 Å². The number of nitrogens with one attached hydrogen (secondary N) is 6. The fourth-order valence-corrected chi connectivity index (χ4v) is 12.5. The number of amides is 6. The molecule has 11 aromatic carbocycles. The van der Waals surface area contributed by atoms with Gasteiger partial charge < -0.3 is 46.1 Å². The second kappa shape index (κ2) is 31.2. The van der Waals surface area contributed by atoms with E-state index in [1.54, 1.807) is 91.0 Å². The van der Waals surface area contributed by atoms with Crippen molar-refractivity contribution in [3.63, 3.8) is 0 Å². The summed E-state index contributed by atoms with van der Waals surface area (Å²) in [5.74, 6) is -1.07. The number of rotatable bonds is 15. The minimum atomic E-state index is -1.09. The zero-order valence-corrected chi connectivity index (χ0v) is 55.8. The maximum absolute atomic E-state index is 15.0. The second-order valence-electron chi connectivity index (χ2n) is 25.0. The van der Waals surface area contributed by atoms with Gasteiger partial charge in [-0.25, -0.2) is 0 Å². The first kappa shape index (κ1) is 67.4.